The number of carboxylic acids is 1. The molecular weight excluding hydrogens is 331 g/mol. The molecule has 0 fully saturated rings. The molecule has 0 spiro atoms. The summed E-state index contributed by atoms with van der Waals surface area (Å²) in [6.45, 7) is 3.79. The zero-order chi connectivity index (χ0) is 17.7. The molecule has 1 heterocycles. The number of thiazole rings is 1. The first kappa shape index (κ1) is 18.1. The molecule has 0 radical (unpaired) electrons. The maximum atomic E-state index is 13.3. The van der Waals surface area contributed by atoms with E-state index in [0.29, 0.717) is 22.7 Å². The molecule has 1 atom stereocenters. The molecule has 0 aliphatic heterocycles. The summed E-state index contributed by atoms with van der Waals surface area (Å²) in [6.07, 6.45) is 0.361. The quantitative estimate of drug-likeness (QED) is 0.804. The predicted molar refractivity (Wildman–Crippen MR) is 90.2 cm³/mol. The molecule has 0 aliphatic carbocycles. The van der Waals surface area contributed by atoms with Crippen molar-refractivity contribution in [3.63, 3.8) is 0 Å². The van der Waals surface area contributed by atoms with Crippen molar-refractivity contribution in [2.45, 2.75) is 32.7 Å². The van der Waals surface area contributed by atoms with Gasteiger partial charge in [-0.2, -0.15) is 0 Å². The van der Waals surface area contributed by atoms with Gasteiger partial charge in [-0.05, 0) is 24.5 Å². The van der Waals surface area contributed by atoms with Gasteiger partial charge in [0.2, 0.25) is 5.91 Å². The Bertz CT molecular complexity index is 730. The van der Waals surface area contributed by atoms with Gasteiger partial charge in [-0.25, -0.2) is 14.2 Å². The fourth-order valence-corrected chi connectivity index (χ4v) is 3.06. The molecule has 1 amide bonds. The van der Waals surface area contributed by atoms with Gasteiger partial charge in [-0.3, -0.25) is 4.79 Å². The molecule has 0 saturated carbocycles. The monoisotopic (exact) mass is 350 g/mol. The van der Waals surface area contributed by atoms with Crippen LogP contribution >= 0.6 is 11.3 Å². The Morgan fingerprint density at radius 1 is 1.38 bits per heavy atom. The van der Waals surface area contributed by atoms with E-state index in [9.17, 15) is 14.0 Å². The number of rotatable bonds is 7. The van der Waals surface area contributed by atoms with E-state index < -0.39 is 12.0 Å². The number of nitrogens with zero attached hydrogens (tertiary/aromatic N) is 1. The van der Waals surface area contributed by atoms with Gasteiger partial charge in [0.05, 0.1) is 12.1 Å². The van der Waals surface area contributed by atoms with E-state index >= 15 is 0 Å². The highest BCUT2D eigenvalue weighted by Crippen LogP contribution is 2.24. The fraction of sp³-hybridized carbons (Fsp3) is 0.353. The summed E-state index contributed by atoms with van der Waals surface area (Å²) < 4.78 is 13.3. The van der Waals surface area contributed by atoms with Crippen LogP contribution in [0.2, 0.25) is 0 Å². The number of aromatic nitrogens is 1. The van der Waals surface area contributed by atoms with E-state index in [1.54, 1.807) is 17.5 Å². The second-order valence-electron chi connectivity index (χ2n) is 5.92. The Morgan fingerprint density at radius 2 is 2.12 bits per heavy atom. The third-order valence-corrected chi connectivity index (χ3v) is 4.25. The van der Waals surface area contributed by atoms with Crippen LogP contribution in [0.1, 0.15) is 26.0 Å². The number of carbonyl (C=O) groups excluding carboxylic acids is 1. The molecule has 0 aliphatic rings. The fourth-order valence-electron chi connectivity index (χ4n) is 2.25. The topological polar surface area (TPSA) is 79.3 Å². The van der Waals surface area contributed by atoms with Gasteiger partial charge < -0.3 is 10.4 Å². The average molecular weight is 350 g/mol. The van der Waals surface area contributed by atoms with Crippen LogP contribution in [0.15, 0.2) is 29.6 Å². The van der Waals surface area contributed by atoms with Crippen LogP contribution < -0.4 is 5.32 Å². The van der Waals surface area contributed by atoms with E-state index in [-0.39, 0.29) is 24.1 Å². The number of amides is 1. The maximum Gasteiger partial charge on any atom is 0.326 e. The molecule has 0 saturated heterocycles. The number of hydrogen-bond acceptors (Lipinski definition) is 4. The van der Waals surface area contributed by atoms with E-state index in [2.05, 4.69) is 10.3 Å². The van der Waals surface area contributed by atoms with Crippen molar-refractivity contribution in [2.24, 2.45) is 5.92 Å². The summed E-state index contributed by atoms with van der Waals surface area (Å²) in [5.41, 5.74) is 1.18. The highest BCUT2D eigenvalue weighted by molar-refractivity contribution is 7.13. The molecule has 1 aromatic heterocycles. The molecule has 128 valence electrons. The smallest absolute Gasteiger partial charge is 0.326 e. The molecule has 2 aromatic rings. The number of hydrogen-bond donors (Lipinski definition) is 2. The Hall–Kier alpha value is -2.28. The Balaban J connectivity index is 2.01. The predicted octanol–water partition coefficient (Wildman–Crippen LogP) is 3.11. The summed E-state index contributed by atoms with van der Waals surface area (Å²) in [4.78, 5) is 27.5. The van der Waals surface area contributed by atoms with Gasteiger partial charge in [0.25, 0.3) is 0 Å². The van der Waals surface area contributed by atoms with Crippen LogP contribution in [0.25, 0.3) is 10.6 Å². The van der Waals surface area contributed by atoms with Crippen molar-refractivity contribution in [1.29, 1.82) is 0 Å². The van der Waals surface area contributed by atoms with Crippen LogP contribution in [0, 0.1) is 11.7 Å². The van der Waals surface area contributed by atoms with Crippen LogP contribution in [-0.2, 0) is 16.0 Å². The Morgan fingerprint density at radius 3 is 2.75 bits per heavy atom. The summed E-state index contributed by atoms with van der Waals surface area (Å²) in [5.74, 6) is -1.62. The number of carboxylic acid groups (broad SMARTS) is 1. The molecule has 5 nitrogen and oxygen atoms in total. The van der Waals surface area contributed by atoms with Crippen molar-refractivity contribution in [3.8, 4) is 10.6 Å². The lowest BCUT2D eigenvalue weighted by Crippen LogP contribution is -2.42. The first-order chi connectivity index (χ1) is 11.3. The Labute approximate surface area is 143 Å². The highest BCUT2D eigenvalue weighted by Gasteiger charge is 2.21. The van der Waals surface area contributed by atoms with Gasteiger partial charge in [-0.15, -0.1) is 11.3 Å². The summed E-state index contributed by atoms with van der Waals surface area (Å²) in [7, 11) is 0. The molecule has 7 heteroatoms. The van der Waals surface area contributed by atoms with E-state index in [0.717, 1.165) is 0 Å². The number of halogens is 1. The molecule has 24 heavy (non-hydrogen) atoms. The third-order valence-electron chi connectivity index (χ3n) is 3.31. The van der Waals surface area contributed by atoms with Crippen molar-refractivity contribution < 1.29 is 19.1 Å². The average Bonchev–Trinajstić information content (AvgIpc) is 2.94. The summed E-state index contributed by atoms with van der Waals surface area (Å²) >= 11 is 1.32. The summed E-state index contributed by atoms with van der Waals surface area (Å²) in [5, 5.41) is 14.0. The molecule has 2 N–H and O–H groups in total. The van der Waals surface area contributed by atoms with Gasteiger partial charge >= 0.3 is 5.97 Å². The summed E-state index contributed by atoms with van der Waals surface area (Å²) in [6, 6.07) is 5.17. The minimum Gasteiger partial charge on any atom is -0.480 e. The van der Waals surface area contributed by atoms with Crippen LogP contribution in [0.4, 0.5) is 4.39 Å². The molecular formula is C17H19FN2O3S. The van der Waals surface area contributed by atoms with Gasteiger partial charge in [0.15, 0.2) is 0 Å². The zero-order valence-electron chi connectivity index (χ0n) is 13.5. The normalized spacial score (nSPS) is 12.2. The highest BCUT2D eigenvalue weighted by atomic mass is 32.1. The number of carbonyl (C=O) groups is 2. The van der Waals surface area contributed by atoms with Crippen molar-refractivity contribution in [3.05, 3.63) is 41.2 Å². The molecule has 0 unspecified atom stereocenters. The second-order valence-corrected chi connectivity index (χ2v) is 6.78. The van der Waals surface area contributed by atoms with Gasteiger partial charge in [-0.1, -0.05) is 26.0 Å². The lowest BCUT2D eigenvalue weighted by atomic mass is 10.0. The lowest BCUT2D eigenvalue weighted by Gasteiger charge is -2.16. The van der Waals surface area contributed by atoms with E-state index in [1.807, 2.05) is 13.8 Å². The SMILES string of the molecule is CC(C)C[C@H](NC(=O)Cc1csc(-c2cccc(F)c2)n1)C(=O)O. The van der Waals surface area contributed by atoms with Gasteiger partial charge in [0.1, 0.15) is 16.9 Å². The van der Waals surface area contributed by atoms with Crippen LogP contribution in [-0.4, -0.2) is 28.0 Å². The zero-order valence-corrected chi connectivity index (χ0v) is 14.3. The van der Waals surface area contributed by atoms with Crippen molar-refractivity contribution in [2.75, 3.05) is 0 Å². The van der Waals surface area contributed by atoms with Crippen molar-refractivity contribution in [1.82, 2.24) is 10.3 Å². The van der Waals surface area contributed by atoms with Crippen LogP contribution in [0.5, 0.6) is 0 Å². The standard InChI is InChI=1S/C17H19FN2O3S/c1-10(2)6-14(17(22)23)20-15(21)8-13-9-24-16(19-13)11-4-3-5-12(18)7-11/h3-5,7,9-10,14H,6,8H2,1-2H3,(H,20,21)(H,22,23)/t14-/m0/s1. The number of aliphatic carboxylic acids is 1. The largest absolute Gasteiger partial charge is 0.480 e. The van der Waals surface area contributed by atoms with E-state index in [4.69, 9.17) is 5.11 Å². The number of benzene rings is 1. The maximum absolute atomic E-state index is 13.3. The van der Waals surface area contributed by atoms with Gasteiger partial charge in [0, 0.05) is 10.9 Å². The molecule has 2 rings (SSSR count). The lowest BCUT2D eigenvalue weighted by molar-refractivity contribution is -0.142. The minimum atomic E-state index is -1.05. The molecule has 1 aromatic carbocycles. The molecule has 0 bridgehead atoms. The second kappa shape index (κ2) is 8.01. The van der Waals surface area contributed by atoms with Crippen molar-refractivity contribution >= 4 is 23.2 Å². The van der Waals surface area contributed by atoms with Crippen LogP contribution in [0.3, 0.4) is 0 Å². The number of nitrogens with one attached hydrogen (secondary N) is 1. The first-order valence-electron chi connectivity index (χ1n) is 7.57. The van der Waals surface area contributed by atoms with E-state index in [1.165, 1.54) is 23.5 Å². The minimum absolute atomic E-state index is 0.00626. The first-order valence-corrected chi connectivity index (χ1v) is 8.45. The third kappa shape index (κ3) is 5.13. The Kier molecular flexibility index (Phi) is 6.03.